The molecule has 3 aromatic rings. The fourth-order valence-corrected chi connectivity index (χ4v) is 3.22. The summed E-state index contributed by atoms with van der Waals surface area (Å²) in [5.41, 5.74) is 17.8. The molecule has 2 aromatic heterocycles. The highest BCUT2D eigenvalue weighted by molar-refractivity contribution is 5.85. The zero-order valence-corrected chi connectivity index (χ0v) is 12.3. The van der Waals surface area contributed by atoms with Crippen molar-refractivity contribution in [2.45, 2.75) is 12.8 Å². The molecule has 1 aliphatic rings. The second-order valence-corrected chi connectivity index (χ2v) is 5.58. The monoisotopic (exact) mass is 302 g/mol. The fourth-order valence-electron chi connectivity index (χ4n) is 3.22. The smallest absolute Gasteiger partial charge is 0.142 e. The lowest BCUT2D eigenvalue weighted by Crippen LogP contribution is -2.11. The first-order valence-electron chi connectivity index (χ1n) is 7.34. The molecule has 0 fully saturated rings. The maximum absolute atomic E-state index is 9.50. The lowest BCUT2D eigenvalue weighted by molar-refractivity contribution is 0.581. The van der Waals surface area contributed by atoms with Crippen molar-refractivity contribution in [2.24, 2.45) is 0 Å². The first kappa shape index (κ1) is 13.4. The zero-order valence-electron chi connectivity index (χ0n) is 12.3. The molecule has 0 unspecified atom stereocenters. The molecule has 4 rings (SSSR count). The third kappa shape index (κ3) is 1.96. The van der Waals surface area contributed by atoms with Gasteiger partial charge in [-0.05, 0) is 48.2 Å². The van der Waals surface area contributed by atoms with Crippen molar-refractivity contribution in [3.05, 3.63) is 53.3 Å². The molecule has 1 aromatic carbocycles. The van der Waals surface area contributed by atoms with E-state index in [4.69, 9.17) is 15.9 Å². The second-order valence-electron chi connectivity index (χ2n) is 5.58. The Morgan fingerprint density at radius 2 is 2.04 bits per heavy atom. The van der Waals surface area contributed by atoms with Gasteiger partial charge in [-0.3, -0.25) is 0 Å². The predicted molar refractivity (Wildman–Crippen MR) is 88.3 cm³/mol. The SMILES string of the molecule is N#Cc1c(N)nc2c(c1-c1ccco1)CCc1cc(N)ccc1-2. The number of pyridine rings is 1. The van der Waals surface area contributed by atoms with Crippen LogP contribution < -0.4 is 11.5 Å². The minimum atomic E-state index is 0.224. The first-order valence-corrected chi connectivity index (χ1v) is 7.34. The quantitative estimate of drug-likeness (QED) is 0.672. The molecule has 0 radical (unpaired) electrons. The van der Waals surface area contributed by atoms with Gasteiger partial charge in [-0.25, -0.2) is 4.98 Å². The van der Waals surface area contributed by atoms with Crippen LogP contribution in [0, 0.1) is 11.3 Å². The number of nitrogens with two attached hydrogens (primary N) is 2. The summed E-state index contributed by atoms with van der Waals surface area (Å²) in [6, 6.07) is 11.6. The van der Waals surface area contributed by atoms with Crippen molar-refractivity contribution >= 4 is 11.5 Å². The highest BCUT2D eigenvalue weighted by atomic mass is 16.3. The van der Waals surface area contributed by atoms with Crippen LogP contribution in [0.3, 0.4) is 0 Å². The number of hydrogen-bond donors (Lipinski definition) is 2. The lowest BCUT2D eigenvalue weighted by atomic mass is 9.84. The molecule has 5 heteroatoms. The van der Waals surface area contributed by atoms with Gasteiger partial charge >= 0.3 is 0 Å². The number of aromatic nitrogens is 1. The highest BCUT2D eigenvalue weighted by Crippen LogP contribution is 2.41. The van der Waals surface area contributed by atoms with Gasteiger partial charge in [-0.15, -0.1) is 0 Å². The van der Waals surface area contributed by atoms with Crippen molar-refractivity contribution in [3.63, 3.8) is 0 Å². The molecule has 112 valence electrons. The summed E-state index contributed by atoms with van der Waals surface area (Å²) in [6.45, 7) is 0. The summed E-state index contributed by atoms with van der Waals surface area (Å²) in [6.07, 6.45) is 3.21. The molecule has 2 heterocycles. The number of aryl methyl sites for hydroxylation is 1. The number of nitrogens with zero attached hydrogens (tertiary/aromatic N) is 2. The van der Waals surface area contributed by atoms with Gasteiger partial charge in [0.25, 0.3) is 0 Å². The molecule has 0 aliphatic heterocycles. The molecule has 0 saturated carbocycles. The molecule has 5 nitrogen and oxygen atoms in total. The van der Waals surface area contributed by atoms with Gasteiger partial charge in [0.1, 0.15) is 23.2 Å². The van der Waals surface area contributed by atoms with Crippen LogP contribution in [0.1, 0.15) is 16.7 Å². The number of nitrogen functional groups attached to an aromatic ring is 2. The van der Waals surface area contributed by atoms with Gasteiger partial charge < -0.3 is 15.9 Å². The average Bonchev–Trinajstić information content (AvgIpc) is 3.07. The standard InChI is InChI=1S/C18H14N4O/c19-9-14-16(15-2-1-7-23-15)13-5-3-10-8-11(20)4-6-12(10)17(13)22-18(14)21/h1-2,4,6-8H,3,5,20H2,(H2,21,22). The molecule has 0 saturated heterocycles. The van der Waals surface area contributed by atoms with E-state index in [0.29, 0.717) is 11.3 Å². The van der Waals surface area contributed by atoms with Gasteiger partial charge in [-0.2, -0.15) is 5.26 Å². The second kappa shape index (κ2) is 4.89. The van der Waals surface area contributed by atoms with Crippen molar-refractivity contribution in [2.75, 3.05) is 11.5 Å². The highest BCUT2D eigenvalue weighted by Gasteiger charge is 2.26. The van der Waals surface area contributed by atoms with Crippen LogP contribution in [-0.4, -0.2) is 4.98 Å². The molecular formula is C18H14N4O. The average molecular weight is 302 g/mol. The number of nitriles is 1. The minimum Gasteiger partial charge on any atom is -0.464 e. The Labute approximate surface area is 133 Å². The van der Waals surface area contributed by atoms with E-state index in [0.717, 1.165) is 46.5 Å². The third-order valence-corrected chi connectivity index (χ3v) is 4.23. The number of rotatable bonds is 1. The van der Waals surface area contributed by atoms with Crippen LogP contribution in [0.25, 0.3) is 22.6 Å². The largest absolute Gasteiger partial charge is 0.464 e. The Morgan fingerprint density at radius 3 is 2.78 bits per heavy atom. The molecule has 0 atom stereocenters. The summed E-state index contributed by atoms with van der Waals surface area (Å²) < 4.78 is 5.54. The van der Waals surface area contributed by atoms with Crippen molar-refractivity contribution < 1.29 is 4.42 Å². The lowest BCUT2D eigenvalue weighted by Gasteiger charge is -2.22. The topological polar surface area (TPSA) is 102 Å². The number of benzene rings is 1. The van der Waals surface area contributed by atoms with Crippen LogP contribution in [0.15, 0.2) is 41.0 Å². The molecule has 0 spiro atoms. The molecule has 23 heavy (non-hydrogen) atoms. The van der Waals surface area contributed by atoms with Crippen LogP contribution in [0.5, 0.6) is 0 Å². The molecular weight excluding hydrogens is 288 g/mol. The van der Waals surface area contributed by atoms with E-state index in [1.807, 2.05) is 24.3 Å². The summed E-state index contributed by atoms with van der Waals surface area (Å²) in [7, 11) is 0. The van der Waals surface area contributed by atoms with E-state index in [2.05, 4.69) is 11.1 Å². The normalized spacial score (nSPS) is 12.3. The van der Waals surface area contributed by atoms with Gasteiger partial charge in [0.05, 0.1) is 12.0 Å². The van der Waals surface area contributed by atoms with Crippen molar-refractivity contribution in [1.82, 2.24) is 4.98 Å². The van der Waals surface area contributed by atoms with Crippen LogP contribution in [0.4, 0.5) is 11.5 Å². The Hall–Kier alpha value is -3.26. The van der Waals surface area contributed by atoms with Crippen LogP contribution in [0.2, 0.25) is 0 Å². The molecule has 0 bridgehead atoms. The maximum Gasteiger partial charge on any atom is 0.142 e. The Bertz CT molecular complexity index is 952. The summed E-state index contributed by atoms with van der Waals surface area (Å²) in [5.74, 6) is 0.869. The Balaban J connectivity index is 2.06. The summed E-state index contributed by atoms with van der Waals surface area (Å²) in [4.78, 5) is 4.50. The van der Waals surface area contributed by atoms with E-state index in [-0.39, 0.29) is 5.82 Å². The van der Waals surface area contributed by atoms with Crippen molar-refractivity contribution in [1.29, 1.82) is 5.26 Å². The fraction of sp³-hybridized carbons (Fsp3) is 0.111. The van der Waals surface area contributed by atoms with E-state index < -0.39 is 0 Å². The number of hydrogen-bond acceptors (Lipinski definition) is 5. The maximum atomic E-state index is 9.50. The first-order chi connectivity index (χ1) is 11.2. The van der Waals surface area contributed by atoms with Gasteiger partial charge in [-0.1, -0.05) is 6.07 Å². The Morgan fingerprint density at radius 1 is 1.17 bits per heavy atom. The van der Waals surface area contributed by atoms with Crippen LogP contribution in [-0.2, 0) is 12.8 Å². The van der Waals surface area contributed by atoms with Gasteiger partial charge in [0, 0.05) is 16.8 Å². The minimum absolute atomic E-state index is 0.224. The summed E-state index contributed by atoms with van der Waals surface area (Å²) in [5, 5.41) is 9.50. The van der Waals surface area contributed by atoms with Gasteiger partial charge in [0.15, 0.2) is 0 Å². The van der Waals surface area contributed by atoms with E-state index >= 15 is 0 Å². The summed E-state index contributed by atoms with van der Waals surface area (Å²) >= 11 is 0. The molecule has 0 amide bonds. The molecule has 1 aliphatic carbocycles. The Kier molecular flexibility index (Phi) is 2.85. The van der Waals surface area contributed by atoms with Gasteiger partial charge in [0.2, 0.25) is 0 Å². The van der Waals surface area contributed by atoms with E-state index in [9.17, 15) is 5.26 Å². The third-order valence-electron chi connectivity index (χ3n) is 4.23. The van der Waals surface area contributed by atoms with E-state index in [1.165, 1.54) is 0 Å². The van der Waals surface area contributed by atoms with Crippen molar-refractivity contribution in [3.8, 4) is 28.7 Å². The number of anilines is 2. The zero-order chi connectivity index (χ0) is 16.0. The molecule has 4 N–H and O–H groups in total. The van der Waals surface area contributed by atoms with Crippen LogP contribution >= 0.6 is 0 Å². The van der Waals surface area contributed by atoms with E-state index in [1.54, 1.807) is 12.3 Å². The number of fused-ring (bicyclic) bond motifs is 3. The predicted octanol–water partition coefficient (Wildman–Crippen LogP) is 3.14. The number of furan rings is 1.